The van der Waals surface area contributed by atoms with Gasteiger partial charge in [-0.25, -0.2) is 17.6 Å². The van der Waals surface area contributed by atoms with Crippen LogP contribution < -0.4 is 0 Å². The van der Waals surface area contributed by atoms with Crippen molar-refractivity contribution < 1.29 is 22.3 Å². The fraction of sp³-hybridized carbons (Fsp3) is 0.188. The summed E-state index contributed by atoms with van der Waals surface area (Å²) in [5, 5.41) is 0. The van der Waals surface area contributed by atoms with Crippen LogP contribution >= 0.6 is 0 Å². The van der Waals surface area contributed by atoms with Crippen molar-refractivity contribution >= 4 is 16.0 Å². The lowest BCUT2D eigenvalue weighted by Crippen LogP contribution is -2.26. The summed E-state index contributed by atoms with van der Waals surface area (Å²) < 4.78 is 43.7. The Morgan fingerprint density at radius 2 is 1.83 bits per heavy atom. The van der Waals surface area contributed by atoms with Gasteiger partial charge >= 0.3 is 5.97 Å². The molecular weight excluding hydrogens is 321 g/mol. The van der Waals surface area contributed by atoms with Crippen LogP contribution in [0, 0.1) is 5.82 Å². The van der Waals surface area contributed by atoms with Crippen molar-refractivity contribution in [3.8, 4) is 0 Å². The van der Waals surface area contributed by atoms with E-state index < -0.39 is 21.8 Å². The molecule has 5 nitrogen and oxygen atoms in total. The number of ether oxygens (including phenoxy) is 1. The molecule has 0 atom stereocenters. The van der Waals surface area contributed by atoms with Crippen molar-refractivity contribution in [3.63, 3.8) is 0 Å². The van der Waals surface area contributed by atoms with E-state index in [0.29, 0.717) is 11.1 Å². The van der Waals surface area contributed by atoms with Crippen LogP contribution in [-0.4, -0.2) is 32.8 Å². The van der Waals surface area contributed by atoms with Crippen LogP contribution in [0.5, 0.6) is 0 Å². The maximum atomic E-state index is 13.2. The van der Waals surface area contributed by atoms with Gasteiger partial charge in [0.1, 0.15) is 5.82 Å². The Kier molecular flexibility index (Phi) is 5.12. The second-order valence-electron chi connectivity index (χ2n) is 4.91. The fourth-order valence-corrected chi connectivity index (χ4v) is 3.20. The lowest BCUT2D eigenvalue weighted by atomic mass is 10.1. The van der Waals surface area contributed by atoms with Gasteiger partial charge in [0.25, 0.3) is 0 Å². The van der Waals surface area contributed by atoms with Gasteiger partial charge in [0.2, 0.25) is 10.0 Å². The molecule has 0 unspecified atom stereocenters. The number of esters is 1. The Hall–Kier alpha value is -2.25. The average Bonchev–Trinajstić information content (AvgIpc) is 2.54. The number of methoxy groups -OCH3 is 1. The van der Waals surface area contributed by atoms with Crippen molar-refractivity contribution in [2.24, 2.45) is 0 Å². The normalized spacial score (nSPS) is 11.5. The van der Waals surface area contributed by atoms with Gasteiger partial charge in [-0.1, -0.05) is 18.2 Å². The zero-order valence-corrected chi connectivity index (χ0v) is 13.5. The maximum Gasteiger partial charge on any atom is 0.337 e. The van der Waals surface area contributed by atoms with E-state index in [1.807, 2.05) is 0 Å². The van der Waals surface area contributed by atoms with Crippen LogP contribution in [0.15, 0.2) is 53.4 Å². The molecule has 0 aromatic heterocycles. The molecule has 23 heavy (non-hydrogen) atoms. The summed E-state index contributed by atoms with van der Waals surface area (Å²) in [7, 11) is -1.09. The smallest absolute Gasteiger partial charge is 0.337 e. The molecule has 0 aliphatic heterocycles. The summed E-state index contributed by atoms with van der Waals surface area (Å²) in [6, 6.07) is 11.3. The number of sulfonamides is 1. The summed E-state index contributed by atoms with van der Waals surface area (Å²) >= 11 is 0. The summed E-state index contributed by atoms with van der Waals surface area (Å²) in [5.41, 5.74) is 1.08. The zero-order valence-electron chi connectivity index (χ0n) is 12.7. The number of hydrogen-bond acceptors (Lipinski definition) is 4. The monoisotopic (exact) mass is 337 g/mol. The lowest BCUT2D eigenvalue weighted by molar-refractivity contribution is 0.0600. The van der Waals surface area contributed by atoms with E-state index in [2.05, 4.69) is 4.74 Å². The fourth-order valence-electron chi connectivity index (χ4n) is 2.01. The second kappa shape index (κ2) is 6.89. The van der Waals surface area contributed by atoms with Crippen LogP contribution in [0.3, 0.4) is 0 Å². The third kappa shape index (κ3) is 3.94. The number of hydrogen-bond donors (Lipinski definition) is 0. The molecule has 7 heteroatoms. The molecule has 0 aliphatic carbocycles. The summed E-state index contributed by atoms with van der Waals surface area (Å²) in [6.45, 7) is 0.0975. The van der Waals surface area contributed by atoms with Crippen molar-refractivity contribution in [1.29, 1.82) is 0 Å². The van der Waals surface area contributed by atoms with Crippen LogP contribution in [0.2, 0.25) is 0 Å². The third-order valence-electron chi connectivity index (χ3n) is 3.28. The van der Waals surface area contributed by atoms with Gasteiger partial charge in [-0.2, -0.15) is 4.31 Å². The molecule has 0 fully saturated rings. The number of nitrogens with zero attached hydrogens (tertiary/aromatic N) is 1. The lowest BCUT2D eigenvalue weighted by Gasteiger charge is -2.17. The molecule has 0 bridgehead atoms. The highest BCUT2D eigenvalue weighted by molar-refractivity contribution is 7.89. The molecule has 2 rings (SSSR count). The second-order valence-corrected chi connectivity index (χ2v) is 6.95. The SMILES string of the molecule is COC(=O)c1ccc(CN(C)S(=O)(=O)c2cccc(F)c2)cc1. The molecule has 0 aliphatic rings. The van der Waals surface area contributed by atoms with Crippen LogP contribution in [0.1, 0.15) is 15.9 Å². The van der Waals surface area contributed by atoms with Gasteiger partial charge in [-0.15, -0.1) is 0 Å². The molecule has 0 radical (unpaired) electrons. The minimum atomic E-state index is -3.79. The molecular formula is C16H16FNO4S. The van der Waals surface area contributed by atoms with E-state index in [1.165, 1.54) is 32.4 Å². The van der Waals surface area contributed by atoms with E-state index >= 15 is 0 Å². The van der Waals surface area contributed by atoms with Gasteiger partial charge in [-0.3, -0.25) is 0 Å². The topological polar surface area (TPSA) is 63.7 Å². The molecule has 0 heterocycles. The standard InChI is InChI=1S/C16H16FNO4S/c1-18(23(20,21)15-5-3-4-14(17)10-15)11-12-6-8-13(9-7-12)16(19)22-2/h3-10H,11H2,1-2H3. The Labute approximate surface area is 134 Å². The first-order chi connectivity index (χ1) is 10.8. The van der Waals surface area contributed by atoms with Crippen molar-refractivity contribution in [3.05, 3.63) is 65.5 Å². The summed E-state index contributed by atoms with van der Waals surface area (Å²) in [4.78, 5) is 11.3. The number of halogens is 1. The van der Waals surface area contributed by atoms with E-state index in [4.69, 9.17) is 0 Å². The molecule has 0 saturated heterocycles. The Balaban J connectivity index is 2.18. The largest absolute Gasteiger partial charge is 0.465 e. The minimum absolute atomic E-state index is 0.0975. The number of rotatable bonds is 5. The molecule has 122 valence electrons. The maximum absolute atomic E-state index is 13.2. The van der Waals surface area contributed by atoms with Gasteiger partial charge in [0, 0.05) is 13.6 Å². The van der Waals surface area contributed by atoms with E-state index in [1.54, 1.807) is 24.3 Å². The first kappa shape index (κ1) is 17.1. The number of carbonyl (C=O) groups is 1. The zero-order chi connectivity index (χ0) is 17.0. The van der Waals surface area contributed by atoms with E-state index in [-0.39, 0.29) is 11.4 Å². The molecule has 0 saturated carbocycles. The van der Waals surface area contributed by atoms with Gasteiger partial charge < -0.3 is 4.74 Å². The molecule has 2 aromatic rings. The van der Waals surface area contributed by atoms with Gasteiger partial charge in [0.05, 0.1) is 17.6 Å². The van der Waals surface area contributed by atoms with Crippen molar-refractivity contribution in [2.75, 3.05) is 14.2 Å². The highest BCUT2D eigenvalue weighted by Gasteiger charge is 2.21. The Bertz CT molecular complexity index is 803. The first-order valence-electron chi connectivity index (χ1n) is 6.74. The summed E-state index contributed by atoms with van der Waals surface area (Å²) in [6.07, 6.45) is 0. The Morgan fingerprint density at radius 1 is 1.17 bits per heavy atom. The molecule has 0 spiro atoms. The average molecular weight is 337 g/mol. The molecule has 2 aromatic carbocycles. The highest BCUT2D eigenvalue weighted by atomic mass is 32.2. The van der Waals surface area contributed by atoms with Gasteiger partial charge in [0.15, 0.2) is 0 Å². The van der Waals surface area contributed by atoms with Crippen LogP contribution in [0.4, 0.5) is 4.39 Å². The van der Waals surface area contributed by atoms with Gasteiger partial charge in [-0.05, 0) is 35.9 Å². The van der Waals surface area contributed by atoms with E-state index in [9.17, 15) is 17.6 Å². The van der Waals surface area contributed by atoms with E-state index in [0.717, 1.165) is 10.4 Å². The first-order valence-corrected chi connectivity index (χ1v) is 8.18. The quantitative estimate of drug-likeness (QED) is 0.786. The number of benzene rings is 2. The molecule has 0 amide bonds. The van der Waals surface area contributed by atoms with Crippen LogP contribution in [-0.2, 0) is 21.3 Å². The summed E-state index contributed by atoms with van der Waals surface area (Å²) in [5.74, 6) is -1.07. The third-order valence-corrected chi connectivity index (χ3v) is 5.08. The molecule has 0 N–H and O–H groups in total. The highest BCUT2D eigenvalue weighted by Crippen LogP contribution is 2.18. The van der Waals surface area contributed by atoms with Crippen molar-refractivity contribution in [1.82, 2.24) is 4.31 Å². The Morgan fingerprint density at radius 3 is 2.39 bits per heavy atom. The van der Waals surface area contributed by atoms with Crippen LogP contribution in [0.25, 0.3) is 0 Å². The number of carbonyl (C=O) groups excluding carboxylic acids is 1. The minimum Gasteiger partial charge on any atom is -0.465 e. The predicted molar refractivity (Wildman–Crippen MR) is 82.8 cm³/mol. The van der Waals surface area contributed by atoms with Crippen molar-refractivity contribution in [2.45, 2.75) is 11.4 Å². The predicted octanol–water partition coefficient (Wildman–Crippen LogP) is 2.43.